The van der Waals surface area contributed by atoms with Gasteiger partial charge in [0.15, 0.2) is 0 Å². The van der Waals surface area contributed by atoms with Gasteiger partial charge >= 0.3 is 0 Å². The fraction of sp³-hybridized carbons (Fsp3) is 0.556. The summed E-state index contributed by atoms with van der Waals surface area (Å²) >= 11 is 0. The molecule has 1 aliphatic rings. The van der Waals surface area contributed by atoms with Crippen LogP contribution in [0.1, 0.15) is 19.7 Å². The Kier molecular flexibility index (Phi) is 5.67. The number of rotatable bonds is 6. The summed E-state index contributed by atoms with van der Waals surface area (Å²) in [4.78, 5) is 9.15. The molecular weight excluding hydrogens is 320 g/mol. The highest BCUT2D eigenvalue weighted by molar-refractivity contribution is 5.63. The molecule has 7 nitrogen and oxygen atoms in total. The molecule has 1 aliphatic heterocycles. The maximum Gasteiger partial charge on any atom is 0.241 e. The van der Waals surface area contributed by atoms with Gasteiger partial charge in [0.25, 0.3) is 0 Å². The minimum Gasteiger partial charge on any atom is -0.496 e. The Morgan fingerprint density at radius 1 is 1.36 bits per heavy atom. The van der Waals surface area contributed by atoms with Gasteiger partial charge < -0.3 is 14.4 Å². The molecule has 1 fully saturated rings. The molecule has 2 atom stereocenters. The molecule has 0 amide bonds. The van der Waals surface area contributed by atoms with Crippen LogP contribution in [0.4, 0.5) is 0 Å². The quantitative estimate of drug-likeness (QED) is 0.852. The van der Waals surface area contributed by atoms with E-state index in [4.69, 9.17) is 9.26 Å². The summed E-state index contributed by atoms with van der Waals surface area (Å²) in [5.74, 6) is 1.89. The second-order valence-corrected chi connectivity index (χ2v) is 6.64. The van der Waals surface area contributed by atoms with Gasteiger partial charge in [-0.1, -0.05) is 17.3 Å². The standard InChI is InChI=1S/C18H26N4O3/c1-13-10-21(8-9-22(13)11-14(2)23)12-17-19-18(20-25-17)15-6-4-5-7-16(15)24-3/h4-7,13-14,23H,8-12H2,1-3H3/t13-,14-/m0/s1. The molecule has 2 aromatic rings. The molecule has 2 heterocycles. The number of aliphatic hydroxyl groups excluding tert-OH is 1. The summed E-state index contributed by atoms with van der Waals surface area (Å²) in [6, 6.07) is 8.03. The molecule has 25 heavy (non-hydrogen) atoms. The molecule has 0 bridgehead atoms. The van der Waals surface area contributed by atoms with Crippen molar-refractivity contribution in [3.8, 4) is 17.1 Å². The molecule has 0 radical (unpaired) electrons. The smallest absolute Gasteiger partial charge is 0.241 e. The van der Waals surface area contributed by atoms with E-state index in [0.29, 0.717) is 30.8 Å². The molecule has 0 spiro atoms. The first-order valence-corrected chi connectivity index (χ1v) is 8.67. The van der Waals surface area contributed by atoms with Crippen LogP contribution < -0.4 is 4.74 Å². The van der Waals surface area contributed by atoms with Crippen molar-refractivity contribution in [2.24, 2.45) is 0 Å². The van der Waals surface area contributed by atoms with Crippen LogP contribution in [0.2, 0.25) is 0 Å². The van der Waals surface area contributed by atoms with Crippen LogP contribution in [0.5, 0.6) is 5.75 Å². The Morgan fingerprint density at radius 2 is 2.16 bits per heavy atom. The van der Waals surface area contributed by atoms with Crippen LogP contribution >= 0.6 is 0 Å². The van der Waals surface area contributed by atoms with E-state index in [1.807, 2.05) is 31.2 Å². The highest BCUT2D eigenvalue weighted by atomic mass is 16.5. The van der Waals surface area contributed by atoms with E-state index < -0.39 is 0 Å². The molecule has 1 aromatic carbocycles. The van der Waals surface area contributed by atoms with E-state index in [0.717, 1.165) is 30.9 Å². The second kappa shape index (κ2) is 7.95. The van der Waals surface area contributed by atoms with Crippen LogP contribution in [-0.4, -0.2) is 70.5 Å². The number of para-hydroxylation sites is 1. The van der Waals surface area contributed by atoms with Gasteiger partial charge in [-0.3, -0.25) is 9.80 Å². The lowest BCUT2D eigenvalue weighted by molar-refractivity contribution is 0.0385. The maximum absolute atomic E-state index is 9.58. The maximum atomic E-state index is 9.58. The SMILES string of the molecule is COc1ccccc1-c1noc(CN2CCN(C[C@H](C)O)[C@@H](C)C2)n1. The van der Waals surface area contributed by atoms with Gasteiger partial charge in [-0.05, 0) is 26.0 Å². The van der Waals surface area contributed by atoms with Crippen molar-refractivity contribution in [1.29, 1.82) is 0 Å². The Hall–Kier alpha value is -1.96. The van der Waals surface area contributed by atoms with Gasteiger partial charge in [-0.2, -0.15) is 4.98 Å². The minimum atomic E-state index is -0.298. The summed E-state index contributed by atoms with van der Waals surface area (Å²) in [7, 11) is 1.63. The van der Waals surface area contributed by atoms with Crippen molar-refractivity contribution in [3.63, 3.8) is 0 Å². The summed E-state index contributed by atoms with van der Waals surface area (Å²) in [5.41, 5.74) is 0.829. The Bertz CT molecular complexity index is 688. The van der Waals surface area contributed by atoms with Crippen molar-refractivity contribution < 1.29 is 14.4 Å². The van der Waals surface area contributed by atoms with Crippen molar-refractivity contribution in [1.82, 2.24) is 19.9 Å². The van der Waals surface area contributed by atoms with Crippen molar-refractivity contribution in [2.75, 3.05) is 33.3 Å². The molecule has 7 heteroatoms. The lowest BCUT2D eigenvalue weighted by Crippen LogP contribution is -2.53. The average Bonchev–Trinajstić information content (AvgIpc) is 3.05. The first-order valence-electron chi connectivity index (χ1n) is 8.67. The Labute approximate surface area is 148 Å². The number of ether oxygens (including phenoxy) is 1. The fourth-order valence-electron chi connectivity index (χ4n) is 3.27. The van der Waals surface area contributed by atoms with Gasteiger partial charge in [0.2, 0.25) is 11.7 Å². The van der Waals surface area contributed by atoms with E-state index in [2.05, 4.69) is 26.9 Å². The third-order valence-corrected chi connectivity index (χ3v) is 4.52. The molecule has 0 aliphatic carbocycles. The van der Waals surface area contributed by atoms with Crippen LogP contribution in [-0.2, 0) is 6.54 Å². The van der Waals surface area contributed by atoms with Gasteiger partial charge in [0.1, 0.15) is 5.75 Å². The highest BCUT2D eigenvalue weighted by Crippen LogP contribution is 2.27. The van der Waals surface area contributed by atoms with E-state index in [-0.39, 0.29) is 6.10 Å². The summed E-state index contributed by atoms with van der Waals surface area (Å²) < 4.78 is 10.8. The monoisotopic (exact) mass is 346 g/mol. The average molecular weight is 346 g/mol. The molecule has 1 saturated heterocycles. The van der Waals surface area contributed by atoms with Crippen LogP contribution in [0.15, 0.2) is 28.8 Å². The zero-order chi connectivity index (χ0) is 17.8. The lowest BCUT2D eigenvalue weighted by Gasteiger charge is -2.39. The first kappa shape index (κ1) is 17.8. The lowest BCUT2D eigenvalue weighted by atomic mass is 10.1. The molecular formula is C18H26N4O3. The number of aliphatic hydroxyl groups is 1. The zero-order valence-electron chi connectivity index (χ0n) is 15.1. The molecule has 136 valence electrons. The van der Waals surface area contributed by atoms with E-state index in [9.17, 15) is 5.11 Å². The van der Waals surface area contributed by atoms with Gasteiger partial charge in [-0.25, -0.2) is 0 Å². The topological polar surface area (TPSA) is 74.9 Å². The predicted octanol–water partition coefficient (Wildman–Crippen LogP) is 1.63. The van der Waals surface area contributed by atoms with E-state index in [1.165, 1.54) is 0 Å². The number of nitrogens with zero attached hydrogens (tertiary/aromatic N) is 4. The minimum absolute atomic E-state index is 0.298. The second-order valence-electron chi connectivity index (χ2n) is 6.64. The first-order chi connectivity index (χ1) is 12.1. The number of benzene rings is 1. The molecule has 0 unspecified atom stereocenters. The number of piperazine rings is 1. The number of aromatic nitrogens is 2. The number of β-amino-alcohol motifs (C(OH)–C–C–N with tert-alkyl or cyclic N) is 1. The summed E-state index contributed by atoms with van der Waals surface area (Å²) in [6.07, 6.45) is -0.298. The predicted molar refractivity (Wildman–Crippen MR) is 94.3 cm³/mol. The summed E-state index contributed by atoms with van der Waals surface area (Å²) in [6.45, 7) is 8.13. The molecule has 1 N–H and O–H groups in total. The van der Waals surface area contributed by atoms with E-state index >= 15 is 0 Å². The third-order valence-electron chi connectivity index (χ3n) is 4.52. The third kappa shape index (κ3) is 4.36. The fourth-order valence-corrected chi connectivity index (χ4v) is 3.27. The van der Waals surface area contributed by atoms with Crippen LogP contribution in [0.3, 0.4) is 0 Å². The van der Waals surface area contributed by atoms with Crippen LogP contribution in [0, 0.1) is 0 Å². The highest BCUT2D eigenvalue weighted by Gasteiger charge is 2.25. The molecule has 3 rings (SSSR count). The molecule has 1 aromatic heterocycles. The van der Waals surface area contributed by atoms with Crippen molar-refractivity contribution in [2.45, 2.75) is 32.5 Å². The zero-order valence-corrected chi connectivity index (χ0v) is 15.1. The van der Waals surface area contributed by atoms with Gasteiger partial charge in [-0.15, -0.1) is 0 Å². The largest absolute Gasteiger partial charge is 0.496 e. The van der Waals surface area contributed by atoms with Crippen LogP contribution in [0.25, 0.3) is 11.4 Å². The van der Waals surface area contributed by atoms with Crippen molar-refractivity contribution in [3.05, 3.63) is 30.2 Å². The van der Waals surface area contributed by atoms with Gasteiger partial charge in [0.05, 0.1) is 25.3 Å². The van der Waals surface area contributed by atoms with Crippen molar-refractivity contribution >= 4 is 0 Å². The Morgan fingerprint density at radius 3 is 2.88 bits per heavy atom. The van der Waals surface area contributed by atoms with Gasteiger partial charge in [0, 0.05) is 32.2 Å². The Balaban J connectivity index is 1.63. The number of hydrogen-bond acceptors (Lipinski definition) is 7. The summed E-state index contributed by atoms with van der Waals surface area (Å²) in [5, 5.41) is 13.7. The number of hydrogen-bond donors (Lipinski definition) is 1. The normalized spacial score (nSPS) is 20.6. The number of methoxy groups -OCH3 is 1. The van der Waals surface area contributed by atoms with E-state index in [1.54, 1.807) is 7.11 Å². The molecule has 0 saturated carbocycles.